The van der Waals surface area contributed by atoms with Crippen molar-refractivity contribution < 1.29 is 14.6 Å². The van der Waals surface area contributed by atoms with E-state index in [1.165, 1.54) is 0 Å². The molecule has 0 radical (unpaired) electrons. The van der Waals surface area contributed by atoms with E-state index < -0.39 is 5.97 Å². The Hall–Kier alpha value is -1.94. The van der Waals surface area contributed by atoms with Gasteiger partial charge in [0.15, 0.2) is 0 Å². The van der Waals surface area contributed by atoms with Crippen molar-refractivity contribution in [3.05, 3.63) is 54.1 Å². The molecule has 2 aromatic carbocycles. The van der Waals surface area contributed by atoms with Gasteiger partial charge in [0.05, 0.1) is 18.4 Å². The fourth-order valence-electron chi connectivity index (χ4n) is 1.68. The zero-order valence-electron chi connectivity index (χ0n) is 10.5. The molecule has 19 heavy (non-hydrogen) atoms. The average Bonchev–Trinajstić information content (AvgIpc) is 2.41. The molecule has 0 aliphatic heterocycles. The average molecular weight is 274 g/mol. The van der Waals surface area contributed by atoms with Crippen LogP contribution in [0.3, 0.4) is 0 Å². The van der Waals surface area contributed by atoms with Gasteiger partial charge in [-0.15, -0.1) is 0 Å². The minimum absolute atomic E-state index is 0.0552. The Bertz CT molecular complexity index is 564. The summed E-state index contributed by atoms with van der Waals surface area (Å²) in [4.78, 5) is 12.7. The Morgan fingerprint density at radius 2 is 1.84 bits per heavy atom. The van der Waals surface area contributed by atoms with Gasteiger partial charge in [-0.25, -0.2) is 0 Å². The first-order chi connectivity index (χ1) is 9.19. The third-order valence-corrected chi connectivity index (χ3v) is 3.64. The van der Waals surface area contributed by atoms with E-state index in [2.05, 4.69) is 0 Å². The number of hydrogen-bond acceptors (Lipinski definition) is 3. The highest BCUT2D eigenvalue weighted by molar-refractivity contribution is 7.99. The summed E-state index contributed by atoms with van der Waals surface area (Å²) >= 11 is 1.59. The number of benzene rings is 2. The first kappa shape index (κ1) is 13.5. The summed E-state index contributed by atoms with van der Waals surface area (Å²) in [5.41, 5.74) is 0.803. The Morgan fingerprint density at radius 3 is 2.47 bits per heavy atom. The largest absolute Gasteiger partial charge is 0.496 e. The smallest absolute Gasteiger partial charge is 0.307 e. The molecule has 0 aromatic heterocycles. The number of methoxy groups -OCH3 is 1. The van der Waals surface area contributed by atoms with Crippen LogP contribution < -0.4 is 4.74 Å². The van der Waals surface area contributed by atoms with Gasteiger partial charge in [0.25, 0.3) is 0 Å². The quantitative estimate of drug-likeness (QED) is 0.906. The number of ether oxygens (including phenoxy) is 1. The van der Waals surface area contributed by atoms with E-state index in [1.807, 2.05) is 48.5 Å². The number of carbonyl (C=O) groups is 1. The van der Waals surface area contributed by atoms with Crippen molar-refractivity contribution in [3.8, 4) is 5.75 Å². The van der Waals surface area contributed by atoms with Crippen molar-refractivity contribution in [2.75, 3.05) is 7.11 Å². The van der Waals surface area contributed by atoms with Crippen molar-refractivity contribution in [1.29, 1.82) is 0 Å². The first-order valence-electron chi connectivity index (χ1n) is 5.80. The molecule has 2 rings (SSSR count). The van der Waals surface area contributed by atoms with E-state index in [0.29, 0.717) is 0 Å². The number of aliphatic carboxylic acids is 1. The van der Waals surface area contributed by atoms with Crippen LogP contribution in [-0.4, -0.2) is 18.2 Å². The summed E-state index contributed by atoms with van der Waals surface area (Å²) < 4.78 is 5.30. The van der Waals surface area contributed by atoms with Gasteiger partial charge >= 0.3 is 5.97 Å². The fraction of sp³-hybridized carbons (Fsp3) is 0.133. The molecular formula is C15H14O3S. The molecule has 0 saturated heterocycles. The Kier molecular flexibility index (Phi) is 4.47. The third kappa shape index (κ3) is 3.76. The van der Waals surface area contributed by atoms with Gasteiger partial charge < -0.3 is 9.84 Å². The molecule has 0 bridgehead atoms. The summed E-state index contributed by atoms with van der Waals surface area (Å²) in [6, 6.07) is 15.3. The number of rotatable bonds is 5. The zero-order valence-corrected chi connectivity index (χ0v) is 11.3. The van der Waals surface area contributed by atoms with Crippen LogP contribution in [0.2, 0.25) is 0 Å². The zero-order chi connectivity index (χ0) is 13.7. The highest BCUT2D eigenvalue weighted by Gasteiger charge is 2.05. The molecule has 0 atom stereocenters. The van der Waals surface area contributed by atoms with Crippen LogP contribution in [-0.2, 0) is 11.2 Å². The van der Waals surface area contributed by atoms with Crippen molar-refractivity contribution in [3.63, 3.8) is 0 Å². The first-order valence-corrected chi connectivity index (χ1v) is 6.62. The maximum absolute atomic E-state index is 10.6. The van der Waals surface area contributed by atoms with E-state index in [9.17, 15) is 4.79 Å². The summed E-state index contributed by atoms with van der Waals surface area (Å²) in [5.74, 6) is 0.0206. The summed E-state index contributed by atoms with van der Waals surface area (Å²) in [7, 11) is 1.65. The molecule has 0 spiro atoms. The summed E-state index contributed by atoms with van der Waals surface area (Å²) in [6.07, 6.45) is 0.0552. The Balaban J connectivity index is 2.13. The van der Waals surface area contributed by atoms with E-state index in [1.54, 1.807) is 18.9 Å². The highest BCUT2D eigenvalue weighted by Crippen LogP contribution is 2.34. The summed E-state index contributed by atoms with van der Waals surface area (Å²) in [6.45, 7) is 0. The third-order valence-electron chi connectivity index (χ3n) is 2.58. The molecule has 0 fully saturated rings. The number of carboxylic acids is 1. The fourth-order valence-corrected chi connectivity index (χ4v) is 2.60. The molecule has 0 aliphatic carbocycles. The number of carboxylic acid groups (broad SMARTS) is 1. The molecule has 4 heteroatoms. The molecule has 0 aliphatic rings. The van der Waals surface area contributed by atoms with Gasteiger partial charge in [0, 0.05) is 4.90 Å². The lowest BCUT2D eigenvalue weighted by Crippen LogP contribution is -1.99. The van der Waals surface area contributed by atoms with Gasteiger partial charge in [-0.05, 0) is 29.8 Å². The van der Waals surface area contributed by atoms with E-state index in [0.717, 1.165) is 21.1 Å². The van der Waals surface area contributed by atoms with Crippen LogP contribution in [0, 0.1) is 0 Å². The molecule has 0 heterocycles. The molecule has 3 nitrogen and oxygen atoms in total. The van der Waals surface area contributed by atoms with Crippen LogP contribution in [0.5, 0.6) is 5.75 Å². The molecule has 0 unspecified atom stereocenters. The second kappa shape index (κ2) is 6.29. The van der Waals surface area contributed by atoms with E-state index >= 15 is 0 Å². The number of para-hydroxylation sites is 1. The normalized spacial score (nSPS) is 10.2. The SMILES string of the molecule is COc1ccccc1Sc1ccc(CC(=O)O)cc1. The van der Waals surface area contributed by atoms with Crippen LogP contribution in [0.4, 0.5) is 0 Å². The standard InChI is InChI=1S/C15H14O3S/c1-18-13-4-2-3-5-14(13)19-12-8-6-11(7-9-12)10-15(16)17/h2-9H,10H2,1H3,(H,16,17). The van der Waals surface area contributed by atoms with Crippen LogP contribution in [0.1, 0.15) is 5.56 Å². The van der Waals surface area contributed by atoms with Crippen molar-refractivity contribution in [2.24, 2.45) is 0 Å². The molecule has 0 saturated carbocycles. The molecule has 1 N–H and O–H groups in total. The topological polar surface area (TPSA) is 46.5 Å². The van der Waals surface area contributed by atoms with Gasteiger partial charge in [0.2, 0.25) is 0 Å². The van der Waals surface area contributed by atoms with Gasteiger partial charge in [0.1, 0.15) is 5.75 Å². The van der Waals surface area contributed by atoms with E-state index in [4.69, 9.17) is 9.84 Å². The Morgan fingerprint density at radius 1 is 1.16 bits per heavy atom. The van der Waals surface area contributed by atoms with Gasteiger partial charge in [-0.2, -0.15) is 0 Å². The highest BCUT2D eigenvalue weighted by atomic mass is 32.2. The lowest BCUT2D eigenvalue weighted by molar-refractivity contribution is -0.136. The van der Waals surface area contributed by atoms with Crippen molar-refractivity contribution in [2.45, 2.75) is 16.2 Å². The lowest BCUT2D eigenvalue weighted by Gasteiger charge is -2.07. The van der Waals surface area contributed by atoms with Crippen LogP contribution >= 0.6 is 11.8 Å². The van der Waals surface area contributed by atoms with Gasteiger partial charge in [-0.3, -0.25) is 4.79 Å². The minimum atomic E-state index is -0.815. The molecule has 2 aromatic rings. The van der Waals surface area contributed by atoms with Crippen LogP contribution in [0.25, 0.3) is 0 Å². The monoisotopic (exact) mass is 274 g/mol. The second-order valence-corrected chi connectivity index (χ2v) is 5.08. The predicted octanol–water partition coefficient (Wildman–Crippen LogP) is 3.47. The summed E-state index contributed by atoms with van der Waals surface area (Å²) in [5, 5.41) is 8.72. The maximum Gasteiger partial charge on any atom is 0.307 e. The number of hydrogen-bond donors (Lipinski definition) is 1. The van der Waals surface area contributed by atoms with Crippen LogP contribution in [0.15, 0.2) is 58.3 Å². The maximum atomic E-state index is 10.6. The molecule has 98 valence electrons. The second-order valence-electron chi connectivity index (χ2n) is 3.97. The predicted molar refractivity (Wildman–Crippen MR) is 74.9 cm³/mol. The van der Waals surface area contributed by atoms with Gasteiger partial charge in [-0.1, -0.05) is 36.0 Å². The molecular weight excluding hydrogens is 260 g/mol. The lowest BCUT2D eigenvalue weighted by atomic mass is 10.2. The minimum Gasteiger partial charge on any atom is -0.496 e. The van der Waals surface area contributed by atoms with E-state index in [-0.39, 0.29) is 6.42 Å². The van der Waals surface area contributed by atoms with Crippen molar-refractivity contribution >= 4 is 17.7 Å². The Labute approximate surface area is 116 Å². The van der Waals surface area contributed by atoms with Crippen molar-refractivity contribution in [1.82, 2.24) is 0 Å². The molecule has 0 amide bonds.